The average molecular weight is 289 g/mol. The molecule has 1 aromatic rings. The van der Waals surface area contributed by atoms with Crippen molar-refractivity contribution in [3.05, 3.63) is 23.8 Å². The molecule has 0 heterocycles. The van der Waals surface area contributed by atoms with Gasteiger partial charge in [-0.05, 0) is 24.0 Å². The minimum absolute atomic E-state index is 0.188. The molecule has 18 heavy (non-hydrogen) atoms. The van der Waals surface area contributed by atoms with Gasteiger partial charge in [-0.1, -0.05) is 6.07 Å². The lowest BCUT2D eigenvalue weighted by Gasteiger charge is -2.13. The molecule has 0 radical (unpaired) electrons. The molecule has 5 nitrogen and oxygen atoms in total. The first-order valence-electron chi connectivity index (χ1n) is 5.11. The summed E-state index contributed by atoms with van der Waals surface area (Å²) < 4.78 is 23.3. The Bertz CT molecular complexity index is 554. The van der Waals surface area contributed by atoms with E-state index in [2.05, 4.69) is 0 Å². The number of hydrogen-bond acceptors (Lipinski definition) is 5. The Labute approximate surface area is 110 Å². The van der Waals surface area contributed by atoms with Crippen LogP contribution in [0, 0.1) is 0 Å². The second-order valence-electron chi connectivity index (χ2n) is 3.89. The van der Waals surface area contributed by atoms with Crippen molar-refractivity contribution in [1.82, 2.24) is 0 Å². The molecule has 0 spiro atoms. The first-order valence-corrected chi connectivity index (χ1v) is 8.22. The van der Waals surface area contributed by atoms with Crippen LogP contribution >= 0.6 is 11.8 Å². The summed E-state index contributed by atoms with van der Waals surface area (Å²) in [6, 6.07) is 4.06. The van der Waals surface area contributed by atoms with Gasteiger partial charge in [0.2, 0.25) is 0 Å². The summed E-state index contributed by atoms with van der Waals surface area (Å²) in [6.07, 6.45) is 2.66. The Morgan fingerprint density at radius 2 is 2.11 bits per heavy atom. The van der Waals surface area contributed by atoms with Crippen molar-refractivity contribution in [2.24, 2.45) is 5.73 Å². The van der Waals surface area contributed by atoms with Gasteiger partial charge in [-0.15, -0.1) is 11.8 Å². The highest BCUT2D eigenvalue weighted by molar-refractivity contribution is 7.99. The van der Waals surface area contributed by atoms with Crippen LogP contribution in [0.5, 0.6) is 0 Å². The van der Waals surface area contributed by atoms with E-state index in [1.165, 1.54) is 17.8 Å². The summed E-state index contributed by atoms with van der Waals surface area (Å²) in [5.74, 6) is -1.02. The molecule has 0 bridgehead atoms. The molecule has 0 aromatic heterocycles. The number of rotatable bonds is 5. The molecular weight excluding hydrogens is 274 g/mol. The van der Waals surface area contributed by atoms with Crippen LogP contribution in [0.15, 0.2) is 28.0 Å². The molecule has 0 amide bonds. The number of nitrogens with two attached hydrogens (primary N) is 1. The fourth-order valence-corrected chi connectivity index (χ4v) is 3.47. The van der Waals surface area contributed by atoms with E-state index in [4.69, 9.17) is 10.8 Å². The van der Waals surface area contributed by atoms with Crippen LogP contribution in [0.4, 0.5) is 0 Å². The van der Waals surface area contributed by atoms with Crippen LogP contribution < -0.4 is 5.73 Å². The van der Waals surface area contributed by atoms with E-state index in [1.807, 2.05) is 0 Å². The van der Waals surface area contributed by atoms with Crippen LogP contribution in [0.2, 0.25) is 0 Å². The highest BCUT2D eigenvalue weighted by atomic mass is 32.2. The predicted octanol–water partition coefficient (Wildman–Crippen LogP) is 1.29. The predicted molar refractivity (Wildman–Crippen MR) is 70.5 cm³/mol. The van der Waals surface area contributed by atoms with Crippen LogP contribution in [-0.2, 0) is 14.6 Å². The zero-order valence-corrected chi connectivity index (χ0v) is 11.7. The fraction of sp³-hybridized carbons (Fsp3) is 0.364. The van der Waals surface area contributed by atoms with Crippen LogP contribution in [0.3, 0.4) is 0 Å². The van der Waals surface area contributed by atoms with E-state index in [0.717, 1.165) is 6.26 Å². The van der Waals surface area contributed by atoms with Crippen molar-refractivity contribution in [3.8, 4) is 0 Å². The Balaban J connectivity index is 3.23. The Hall–Kier alpha value is -1.05. The first kappa shape index (κ1) is 15.0. The van der Waals surface area contributed by atoms with E-state index >= 15 is 0 Å². The third kappa shape index (κ3) is 3.72. The van der Waals surface area contributed by atoms with Crippen molar-refractivity contribution in [3.63, 3.8) is 0 Å². The van der Waals surface area contributed by atoms with Crippen LogP contribution in [-0.4, -0.2) is 32.0 Å². The quantitative estimate of drug-likeness (QED) is 0.793. The molecule has 1 atom stereocenters. The lowest BCUT2D eigenvalue weighted by Crippen LogP contribution is -2.15. The minimum atomic E-state index is -3.35. The molecule has 0 saturated heterocycles. The largest absolute Gasteiger partial charge is 0.481 e. The van der Waals surface area contributed by atoms with Crippen molar-refractivity contribution in [1.29, 1.82) is 0 Å². The number of hydrogen-bond donors (Lipinski definition) is 2. The Kier molecular flexibility index (Phi) is 4.78. The van der Waals surface area contributed by atoms with Gasteiger partial charge < -0.3 is 10.8 Å². The number of benzene rings is 1. The molecule has 0 aliphatic rings. The third-order valence-electron chi connectivity index (χ3n) is 2.41. The van der Waals surface area contributed by atoms with Crippen molar-refractivity contribution in [2.75, 3.05) is 12.5 Å². The summed E-state index contributed by atoms with van der Waals surface area (Å²) >= 11 is 1.32. The second kappa shape index (κ2) is 5.73. The van der Waals surface area contributed by atoms with Gasteiger partial charge in [-0.3, -0.25) is 4.79 Å². The third-order valence-corrected chi connectivity index (χ3v) is 4.47. The molecule has 1 unspecified atom stereocenters. The average Bonchev–Trinajstić information content (AvgIpc) is 2.26. The lowest BCUT2D eigenvalue weighted by atomic mass is 10.1. The summed E-state index contributed by atoms with van der Waals surface area (Å²) in [4.78, 5) is 11.4. The van der Waals surface area contributed by atoms with Crippen molar-refractivity contribution in [2.45, 2.75) is 22.3 Å². The van der Waals surface area contributed by atoms with Gasteiger partial charge >= 0.3 is 5.97 Å². The van der Waals surface area contributed by atoms with Gasteiger partial charge in [0.25, 0.3) is 0 Å². The summed E-state index contributed by atoms with van der Waals surface area (Å²) in [6.45, 7) is 0. The number of sulfone groups is 1. The molecule has 1 aromatic carbocycles. The molecule has 7 heteroatoms. The first-order chi connectivity index (χ1) is 8.25. The maximum absolute atomic E-state index is 11.6. The van der Waals surface area contributed by atoms with Crippen LogP contribution in [0.1, 0.15) is 18.0 Å². The zero-order valence-electron chi connectivity index (χ0n) is 10.1. The Morgan fingerprint density at radius 1 is 1.50 bits per heavy atom. The van der Waals surface area contributed by atoms with Crippen LogP contribution in [0.25, 0.3) is 0 Å². The molecule has 1 rings (SSSR count). The Morgan fingerprint density at radius 3 is 2.56 bits per heavy atom. The normalized spacial score (nSPS) is 13.3. The number of thioether (sulfide) groups is 1. The summed E-state index contributed by atoms with van der Waals surface area (Å²) in [5, 5.41) is 8.67. The molecule has 0 aliphatic carbocycles. The van der Waals surface area contributed by atoms with E-state index in [9.17, 15) is 13.2 Å². The molecular formula is C11H15NO4S2. The van der Waals surface area contributed by atoms with Gasteiger partial charge in [0.1, 0.15) is 0 Å². The van der Waals surface area contributed by atoms with Crippen molar-refractivity contribution >= 4 is 27.6 Å². The highest BCUT2D eigenvalue weighted by Gasteiger charge is 2.17. The van der Waals surface area contributed by atoms with Gasteiger partial charge in [-0.25, -0.2) is 8.42 Å². The second-order valence-corrected chi connectivity index (χ2v) is 6.72. The summed E-state index contributed by atoms with van der Waals surface area (Å²) in [7, 11) is -3.35. The topological polar surface area (TPSA) is 97.5 Å². The number of carbonyl (C=O) groups is 1. The molecule has 0 fully saturated rings. The lowest BCUT2D eigenvalue weighted by molar-refractivity contribution is -0.137. The van der Waals surface area contributed by atoms with E-state index < -0.39 is 21.8 Å². The molecule has 0 aliphatic heterocycles. The van der Waals surface area contributed by atoms with Gasteiger partial charge in [0, 0.05) is 17.2 Å². The maximum atomic E-state index is 11.6. The summed E-state index contributed by atoms with van der Waals surface area (Å²) in [5.41, 5.74) is 6.23. The molecule has 0 saturated carbocycles. The smallest absolute Gasteiger partial charge is 0.305 e. The number of carboxylic acids is 1. The maximum Gasteiger partial charge on any atom is 0.305 e. The van der Waals surface area contributed by atoms with Gasteiger partial charge in [-0.2, -0.15) is 0 Å². The van der Waals surface area contributed by atoms with E-state index in [0.29, 0.717) is 10.5 Å². The van der Waals surface area contributed by atoms with Crippen molar-refractivity contribution < 1.29 is 18.3 Å². The SMILES string of the molecule is CSc1ccc(C(N)CC(=O)O)cc1S(C)(=O)=O. The van der Waals surface area contributed by atoms with Gasteiger partial charge in [0.05, 0.1) is 11.3 Å². The fourth-order valence-electron chi connectivity index (χ4n) is 1.52. The highest BCUT2D eigenvalue weighted by Crippen LogP contribution is 2.28. The number of aliphatic carboxylic acids is 1. The zero-order chi connectivity index (χ0) is 13.9. The van der Waals surface area contributed by atoms with Gasteiger partial charge in [0.15, 0.2) is 9.84 Å². The standard InChI is InChI=1S/C11H15NO4S2/c1-17-9-4-3-7(8(12)6-11(13)14)5-10(9)18(2,15)16/h3-5,8H,6,12H2,1-2H3,(H,13,14). The molecule has 100 valence electrons. The van der Waals surface area contributed by atoms with E-state index in [1.54, 1.807) is 18.4 Å². The monoisotopic (exact) mass is 289 g/mol. The molecule has 3 N–H and O–H groups in total. The number of carboxylic acid groups (broad SMARTS) is 1. The minimum Gasteiger partial charge on any atom is -0.481 e. The van der Waals surface area contributed by atoms with E-state index in [-0.39, 0.29) is 11.3 Å².